The first-order valence-electron chi connectivity index (χ1n) is 9.68. The Morgan fingerprint density at radius 1 is 0.970 bits per heavy atom. The Morgan fingerprint density at radius 3 is 2.52 bits per heavy atom. The van der Waals surface area contributed by atoms with Crippen molar-refractivity contribution in [1.82, 2.24) is 29.9 Å². The second-order valence-electron chi connectivity index (χ2n) is 6.61. The zero-order valence-electron chi connectivity index (χ0n) is 17.7. The van der Waals surface area contributed by atoms with Crippen molar-refractivity contribution in [2.75, 3.05) is 19.1 Å². The summed E-state index contributed by atoms with van der Waals surface area (Å²) in [5.74, 6) is 0.332. The lowest BCUT2D eigenvalue weighted by Gasteiger charge is -2.23. The van der Waals surface area contributed by atoms with Crippen LogP contribution in [0.25, 0.3) is 11.4 Å². The Hall–Kier alpha value is -4.18. The van der Waals surface area contributed by atoms with Crippen LogP contribution in [-0.4, -0.2) is 50.0 Å². The van der Waals surface area contributed by atoms with E-state index in [0.717, 1.165) is 0 Å². The summed E-state index contributed by atoms with van der Waals surface area (Å²) in [5.41, 5.74) is 1.82. The number of ether oxygens (including phenoxy) is 2. The fourth-order valence-corrected chi connectivity index (χ4v) is 3.25. The molecule has 4 heterocycles. The monoisotopic (exact) mass is 463 g/mol. The van der Waals surface area contributed by atoms with Gasteiger partial charge < -0.3 is 9.47 Å². The van der Waals surface area contributed by atoms with Crippen molar-refractivity contribution >= 4 is 23.2 Å². The fraction of sp³-hybridized carbons (Fsp3) is 0.136. The molecule has 0 saturated heterocycles. The van der Waals surface area contributed by atoms with Gasteiger partial charge in [-0.2, -0.15) is 0 Å². The predicted molar refractivity (Wildman–Crippen MR) is 120 cm³/mol. The molecular formula is C22H18ClN7O3. The van der Waals surface area contributed by atoms with Gasteiger partial charge in [0.1, 0.15) is 11.4 Å². The number of halogens is 1. The number of carbonyl (C=O) groups excluding carboxylic acids is 1. The van der Waals surface area contributed by atoms with Gasteiger partial charge in [0.15, 0.2) is 11.4 Å². The van der Waals surface area contributed by atoms with Crippen LogP contribution in [0.2, 0.25) is 5.02 Å². The van der Waals surface area contributed by atoms with Crippen molar-refractivity contribution in [3.63, 3.8) is 0 Å². The lowest BCUT2D eigenvalue weighted by Crippen LogP contribution is -2.32. The van der Waals surface area contributed by atoms with Crippen LogP contribution in [-0.2, 0) is 6.54 Å². The van der Waals surface area contributed by atoms with Gasteiger partial charge in [0.25, 0.3) is 11.8 Å². The minimum absolute atomic E-state index is 0.0810. The highest BCUT2D eigenvalue weighted by molar-refractivity contribution is 6.30. The molecule has 4 aromatic heterocycles. The summed E-state index contributed by atoms with van der Waals surface area (Å²) in [4.78, 5) is 40.7. The van der Waals surface area contributed by atoms with Crippen molar-refractivity contribution in [2.45, 2.75) is 6.54 Å². The molecule has 0 N–H and O–H groups in total. The van der Waals surface area contributed by atoms with Gasteiger partial charge >= 0.3 is 0 Å². The molecule has 166 valence electrons. The third kappa shape index (κ3) is 4.85. The number of amides is 1. The van der Waals surface area contributed by atoms with Crippen LogP contribution < -0.4 is 14.4 Å². The molecule has 4 aromatic rings. The highest BCUT2D eigenvalue weighted by Gasteiger charge is 2.25. The molecule has 0 aliphatic rings. The van der Waals surface area contributed by atoms with E-state index in [2.05, 4.69) is 29.9 Å². The molecule has 0 saturated carbocycles. The number of rotatable bonds is 7. The van der Waals surface area contributed by atoms with E-state index in [1.54, 1.807) is 18.2 Å². The minimum atomic E-state index is -0.440. The number of nitrogens with zero attached hydrogens (tertiary/aromatic N) is 7. The van der Waals surface area contributed by atoms with E-state index in [-0.39, 0.29) is 12.2 Å². The second-order valence-corrected chi connectivity index (χ2v) is 7.05. The Morgan fingerprint density at radius 2 is 1.79 bits per heavy atom. The number of anilines is 1. The highest BCUT2D eigenvalue weighted by Crippen LogP contribution is 2.28. The standard InChI is InChI=1S/C22H18ClN7O3/c1-32-18-4-3-15(29-21(18)33-2)13-30(16-9-14(23)10-25-11-16)22(31)20-19(27-7-8-28-20)17-12-24-5-6-26-17/h3-12H,13H2,1-2H3. The first kappa shape index (κ1) is 22.0. The fourth-order valence-electron chi connectivity index (χ4n) is 3.08. The van der Waals surface area contributed by atoms with E-state index >= 15 is 0 Å². The average Bonchev–Trinajstić information content (AvgIpc) is 2.87. The normalized spacial score (nSPS) is 10.5. The van der Waals surface area contributed by atoms with Crippen molar-refractivity contribution < 1.29 is 14.3 Å². The molecule has 0 aliphatic carbocycles. The maximum absolute atomic E-state index is 13.8. The smallest absolute Gasteiger partial charge is 0.279 e. The van der Waals surface area contributed by atoms with E-state index in [4.69, 9.17) is 21.1 Å². The molecule has 10 nitrogen and oxygen atoms in total. The quantitative estimate of drug-likeness (QED) is 0.407. The predicted octanol–water partition coefficient (Wildman–Crippen LogP) is 3.24. The molecule has 33 heavy (non-hydrogen) atoms. The number of hydrogen-bond acceptors (Lipinski definition) is 9. The zero-order chi connectivity index (χ0) is 23.2. The third-order valence-corrected chi connectivity index (χ3v) is 4.78. The van der Waals surface area contributed by atoms with Crippen LogP contribution in [0, 0.1) is 0 Å². The Labute approximate surface area is 194 Å². The number of pyridine rings is 2. The maximum Gasteiger partial charge on any atom is 0.279 e. The largest absolute Gasteiger partial charge is 0.491 e. The first-order chi connectivity index (χ1) is 16.1. The molecule has 4 rings (SSSR count). The highest BCUT2D eigenvalue weighted by atomic mass is 35.5. The molecule has 0 aliphatic heterocycles. The summed E-state index contributed by atoms with van der Waals surface area (Å²) in [5, 5.41) is 0.374. The van der Waals surface area contributed by atoms with E-state index in [0.29, 0.717) is 39.4 Å². The van der Waals surface area contributed by atoms with Crippen LogP contribution in [0.4, 0.5) is 5.69 Å². The number of methoxy groups -OCH3 is 2. The Bertz CT molecular complexity index is 1270. The summed E-state index contributed by atoms with van der Waals surface area (Å²) in [7, 11) is 3.01. The van der Waals surface area contributed by atoms with Crippen molar-refractivity contribution in [3.8, 4) is 23.0 Å². The van der Waals surface area contributed by atoms with Crippen molar-refractivity contribution in [1.29, 1.82) is 0 Å². The van der Waals surface area contributed by atoms with Crippen LogP contribution >= 0.6 is 11.6 Å². The van der Waals surface area contributed by atoms with Gasteiger partial charge in [-0.15, -0.1) is 0 Å². The molecular weight excluding hydrogens is 446 g/mol. The lowest BCUT2D eigenvalue weighted by molar-refractivity contribution is 0.0980. The molecule has 0 radical (unpaired) electrons. The van der Waals surface area contributed by atoms with Gasteiger partial charge in [0.2, 0.25) is 0 Å². The van der Waals surface area contributed by atoms with Crippen molar-refractivity contribution in [2.24, 2.45) is 0 Å². The van der Waals surface area contributed by atoms with Gasteiger partial charge in [-0.25, -0.2) is 9.97 Å². The first-order valence-corrected chi connectivity index (χ1v) is 10.1. The van der Waals surface area contributed by atoms with E-state index in [1.807, 2.05) is 0 Å². The topological polar surface area (TPSA) is 116 Å². The lowest BCUT2D eigenvalue weighted by atomic mass is 10.2. The number of aromatic nitrogens is 6. The summed E-state index contributed by atoms with van der Waals surface area (Å²) in [6.07, 6.45) is 10.5. The van der Waals surface area contributed by atoms with E-state index in [1.165, 1.54) is 62.5 Å². The van der Waals surface area contributed by atoms with E-state index < -0.39 is 5.91 Å². The summed E-state index contributed by atoms with van der Waals surface area (Å²) < 4.78 is 10.5. The van der Waals surface area contributed by atoms with Crippen LogP contribution in [0.5, 0.6) is 11.6 Å². The van der Waals surface area contributed by atoms with Crippen molar-refractivity contribution in [3.05, 3.63) is 78.0 Å². The van der Waals surface area contributed by atoms with Crippen LogP contribution in [0.15, 0.2) is 61.6 Å². The van der Waals surface area contributed by atoms with Gasteiger partial charge in [-0.1, -0.05) is 11.6 Å². The van der Waals surface area contributed by atoms with Crippen LogP contribution in [0.1, 0.15) is 16.2 Å². The zero-order valence-corrected chi connectivity index (χ0v) is 18.5. The summed E-state index contributed by atoms with van der Waals surface area (Å²) in [6.45, 7) is 0.0810. The summed E-state index contributed by atoms with van der Waals surface area (Å²) >= 11 is 6.16. The maximum atomic E-state index is 13.8. The number of hydrogen-bond donors (Lipinski definition) is 0. The molecule has 0 unspecified atom stereocenters. The third-order valence-electron chi connectivity index (χ3n) is 4.57. The molecule has 11 heteroatoms. The second kappa shape index (κ2) is 9.96. The molecule has 0 bridgehead atoms. The molecule has 0 fully saturated rings. The Kier molecular flexibility index (Phi) is 6.65. The molecule has 0 atom stereocenters. The van der Waals surface area contributed by atoms with Gasteiger partial charge in [-0.3, -0.25) is 29.6 Å². The minimum Gasteiger partial charge on any atom is -0.491 e. The molecule has 0 aromatic carbocycles. The average molecular weight is 464 g/mol. The van der Waals surface area contributed by atoms with Gasteiger partial charge in [0.05, 0.1) is 49.6 Å². The summed E-state index contributed by atoms with van der Waals surface area (Å²) in [6, 6.07) is 5.08. The SMILES string of the molecule is COc1ccc(CN(C(=O)c2nccnc2-c2cnccn2)c2cncc(Cl)c2)nc1OC. The molecule has 1 amide bonds. The number of carbonyl (C=O) groups is 1. The van der Waals surface area contributed by atoms with Crippen LogP contribution in [0.3, 0.4) is 0 Å². The Balaban J connectivity index is 1.78. The van der Waals surface area contributed by atoms with Gasteiger partial charge in [-0.05, 0) is 18.2 Å². The van der Waals surface area contributed by atoms with Gasteiger partial charge in [0, 0.05) is 31.0 Å². The molecule has 0 spiro atoms. The van der Waals surface area contributed by atoms with E-state index in [9.17, 15) is 4.79 Å².